The summed E-state index contributed by atoms with van der Waals surface area (Å²) in [6.45, 7) is 0.451. The fourth-order valence-electron chi connectivity index (χ4n) is 6.06. The Kier molecular flexibility index (Phi) is 9.60. The number of benzene rings is 5. The van der Waals surface area contributed by atoms with Gasteiger partial charge in [-0.15, -0.1) is 0 Å². The van der Waals surface area contributed by atoms with E-state index in [4.69, 9.17) is 24.6 Å². The molecule has 1 aromatic heterocycles. The van der Waals surface area contributed by atoms with Gasteiger partial charge in [-0.3, -0.25) is 0 Å². The van der Waals surface area contributed by atoms with Crippen molar-refractivity contribution in [2.75, 3.05) is 5.75 Å². The van der Waals surface area contributed by atoms with Crippen LogP contribution < -0.4 is 5.73 Å². The van der Waals surface area contributed by atoms with Crippen LogP contribution in [0.25, 0.3) is 22.6 Å². The van der Waals surface area contributed by atoms with Crippen molar-refractivity contribution in [3.63, 3.8) is 0 Å². The molecule has 4 atom stereocenters. The number of ether oxygens (including phenoxy) is 2. The molecular formula is C40H36N2O4S. The van der Waals surface area contributed by atoms with Crippen LogP contribution in [0.2, 0.25) is 0 Å². The van der Waals surface area contributed by atoms with E-state index in [0.717, 1.165) is 50.4 Å². The molecule has 0 radical (unpaired) electrons. The number of aromatic nitrogens is 1. The molecule has 47 heavy (non-hydrogen) atoms. The number of hydrogen-bond acceptors (Lipinski definition) is 7. The highest BCUT2D eigenvalue weighted by molar-refractivity contribution is 7.99. The molecule has 236 valence electrons. The average Bonchev–Trinajstić information content (AvgIpc) is 3.59. The van der Waals surface area contributed by atoms with Crippen LogP contribution in [0.4, 0.5) is 0 Å². The molecule has 6 nitrogen and oxygen atoms in total. The molecule has 1 unspecified atom stereocenters. The van der Waals surface area contributed by atoms with Gasteiger partial charge >= 0.3 is 0 Å². The van der Waals surface area contributed by atoms with E-state index in [1.807, 2.05) is 103 Å². The minimum Gasteiger partial charge on any atom is -0.431 e. The maximum atomic E-state index is 9.71. The number of rotatable bonds is 10. The summed E-state index contributed by atoms with van der Waals surface area (Å²) in [7, 11) is 0. The number of hydrogen-bond donors (Lipinski definition) is 2. The van der Waals surface area contributed by atoms with Crippen molar-refractivity contribution in [1.29, 1.82) is 0 Å². The molecule has 1 saturated heterocycles. The lowest BCUT2D eigenvalue weighted by atomic mass is 9.84. The summed E-state index contributed by atoms with van der Waals surface area (Å²) in [6, 6.07) is 46.7. The second-order valence-corrected chi connectivity index (χ2v) is 12.5. The Morgan fingerprint density at radius 1 is 0.638 bits per heavy atom. The quantitative estimate of drug-likeness (QED) is 0.145. The first-order valence-corrected chi connectivity index (χ1v) is 16.8. The van der Waals surface area contributed by atoms with Gasteiger partial charge in [0.1, 0.15) is 5.69 Å². The van der Waals surface area contributed by atoms with Crippen molar-refractivity contribution in [3.05, 3.63) is 167 Å². The summed E-state index contributed by atoms with van der Waals surface area (Å²) >= 11 is 1.55. The van der Waals surface area contributed by atoms with Gasteiger partial charge in [0.25, 0.3) is 5.22 Å². The third-order valence-electron chi connectivity index (χ3n) is 8.52. The second-order valence-electron chi connectivity index (χ2n) is 11.5. The predicted octanol–water partition coefficient (Wildman–Crippen LogP) is 8.69. The highest BCUT2D eigenvalue weighted by Gasteiger charge is 2.42. The average molecular weight is 641 g/mol. The van der Waals surface area contributed by atoms with Gasteiger partial charge in [0.15, 0.2) is 12.1 Å². The fraction of sp³-hybridized carbons (Fsp3) is 0.175. The Bertz CT molecular complexity index is 1810. The summed E-state index contributed by atoms with van der Waals surface area (Å²) in [5.74, 6) is 1.20. The molecule has 5 aromatic carbocycles. The summed E-state index contributed by atoms with van der Waals surface area (Å²) < 4.78 is 20.2. The van der Waals surface area contributed by atoms with Crippen LogP contribution >= 0.6 is 11.8 Å². The molecule has 7 rings (SSSR count). The third-order valence-corrected chi connectivity index (χ3v) is 9.44. The molecule has 3 N–H and O–H groups in total. The number of thioether (sulfide) groups is 1. The van der Waals surface area contributed by atoms with Gasteiger partial charge in [-0.2, -0.15) is 0 Å². The number of aliphatic hydroxyl groups excluding tert-OH is 1. The Morgan fingerprint density at radius 2 is 1.23 bits per heavy atom. The predicted molar refractivity (Wildman–Crippen MR) is 185 cm³/mol. The standard InChI is InChI=1S/C40H36N2O4S/c41-24-27-16-22-33(23-17-27)39-44-34(35(29-10-4-1-5-11-29)37(45-39)32-20-18-28(25-43)19-21-32)26-47-40-42-36(30-12-6-2-7-13-30)38(46-40)31-14-8-3-9-15-31/h1-23,34-35,37,39,43H,24-26,41H2/t34-,35-,37+,39?/m1/s1. The first kappa shape index (κ1) is 31.1. The maximum Gasteiger partial charge on any atom is 0.256 e. The molecule has 1 aliphatic heterocycles. The molecular weight excluding hydrogens is 605 g/mol. The lowest BCUT2D eigenvalue weighted by molar-refractivity contribution is -0.255. The molecule has 1 fully saturated rings. The Morgan fingerprint density at radius 3 is 1.87 bits per heavy atom. The number of aliphatic hydroxyl groups is 1. The van der Waals surface area contributed by atoms with Gasteiger partial charge in [0, 0.05) is 34.9 Å². The minimum atomic E-state index is -0.598. The highest BCUT2D eigenvalue weighted by atomic mass is 32.2. The van der Waals surface area contributed by atoms with Crippen LogP contribution in [0.5, 0.6) is 0 Å². The van der Waals surface area contributed by atoms with E-state index >= 15 is 0 Å². The van der Waals surface area contributed by atoms with Gasteiger partial charge in [-0.05, 0) is 22.3 Å². The van der Waals surface area contributed by atoms with E-state index in [1.54, 1.807) is 11.8 Å². The monoisotopic (exact) mass is 640 g/mol. The van der Waals surface area contributed by atoms with E-state index < -0.39 is 6.29 Å². The van der Waals surface area contributed by atoms with Gasteiger partial charge < -0.3 is 24.7 Å². The van der Waals surface area contributed by atoms with Gasteiger partial charge in [0.2, 0.25) is 0 Å². The Labute approximate surface area is 279 Å². The molecule has 0 saturated carbocycles. The van der Waals surface area contributed by atoms with E-state index in [1.165, 1.54) is 0 Å². The van der Waals surface area contributed by atoms with Crippen LogP contribution in [0.3, 0.4) is 0 Å². The number of nitrogens with two attached hydrogens (primary N) is 1. The topological polar surface area (TPSA) is 90.7 Å². The minimum absolute atomic E-state index is 0.0154. The first-order valence-electron chi connectivity index (χ1n) is 15.8. The van der Waals surface area contributed by atoms with Crippen molar-refractivity contribution in [1.82, 2.24) is 4.98 Å². The van der Waals surface area contributed by atoms with Crippen LogP contribution in [-0.4, -0.2) is 21.9 Å². The lowest BCUT2D eigenvalue weighted by Gasteiger charge is -2.43. The first-order chi connectivity index (χ1) is 23.2. The zero-order valence-corrected chi connectivity index (χ0v) is 26.6. The summed E-state index contributed by atoms with van der Waals surface area (Å²) in [4.78, 5) is 5.01. The van der Waals surface area contributed by atoms with E-state index in [9.17, 15) is 5.11 Å². The molecule has 0 bridgehead atoms. The summed E-state index contributed by atoms with van der Waals surface area (Å²) in [6.07, 6.45) is -1.17. The lowest BCUT2D eigenvalue weighted by Crippen LogP contribution is -2.38. The van der Waals surface area contributed by atoms with Crippen molar-refractivity contribution < 1.29 is 19.0 Å². The van der Waals surface area contributed by atoms with Crippen LogP contribution in [0.1, 0.15) is 46.1 Å². The molecule has 0 aliphatic carbocycles. The summed E-state index contributed by atoms with van der Waals surface area (Å²) in [5.41, 5.74) is 13.6. The zero-order valence-electron chi connectivity index (χ0n) is 25.8. The second kappa shape index (κ2) is 14.5. The molecule has 0 spiro atoms. The Hall–Kier alpha value is -4.50. The Balaban J connectivity index is 1.26. The van der Waals surface area contributed by atoms with E-state index in [-0.39, 0.29) is 24.7 Å². The zero-order chi connectivity index (χ0) is 32.0. The van der Waals surface area contributed by atoms with Crippen molar-refractivity contribution in [2.24, 2.45) is 5.73 Å². The van der Waals surface area contributed by atoms with E-state index in [2.05, 4.69) is 36.4 Å². The third kappa shape index (κ3) is 6.95. The largest absolute Gasteiger partial charge is 0.431 e. The number of oxazole rings is 1. The normalized spacial score (nSPS) is 19.4. The van der Waals surface area contributed by atoms with E-state index in [0.29, 0.717) is 17.5 Å². The smallest absolute Gasteiger partial charge is 0.256 e. The van der Waals surface area contributed by atoms with Gasteiger partial charge in [-0.1, -0.05) is 151 Å². The highest BCUT2D eigenvalue weighted by Crippen LogP contribution is 2.48. The fourth-order valence-corrected chi connectivity index (χ4v) is 6.95. The van der Waals surface area contributed by atoms with Crippen molar-refractivity contribution in [2.45, 2.75) is 42.8 Å². The summed E-state index contributed by atoms with van der Waals surface area (Å²) in [5, 5.41) is 10.3. The number of nitrogens with zero attached hydrogens (tertiary/aromatic N) is 1. The molecule has 2 heterocycles. The molecule has 6 aromatic rings. The van der Waals surface area contributed by atoms with Crippen LogP contribution in [-0.2, 0) is 22.6 Å². The molecule has 0 amide bonds. The van der Waals surface area contributed by atoms with Gasteiger partial charge in [-0.25, -0.2) is 4.98 Å². The van der Waals surface area contributed by atoms with Crippen LogP contribution in [0, 0.1) is 0 Å². The van der Waals surface area contributed by atoms with Crippen molar-refractivity contribution >= 4 is 11.8 Å². The van der Waals surface area contributed by atoms with Crippen LogP contribution in [0.15, 0.2) is 149 Å². The van der Waals surface area contributed by atoms with Crippen molar-refractivity contribution in [3.8, 4) is 22.6 Å². The van der Waals surface area contributed by atoms with Gasteiger partial charge in [0.05, 0.1) is 18.8 Å². The maximum absolute atomic E-state index is 9.71. The SMILES string of the molecule is NCc1ccc(C2O[C@H](CSc3nc(-c4ccccc4)c(-c4ccccc4)o3)[C@@H](c3ccccc3)[C@H](c3ccc(CO)cc3)O2)cc1. The molecule has 1 aliphatic rings. The molecule has 7 heteroatoms.